The molecule has 74 valence electrons. The molecule has 0 amide bonds. The normalized spacial score (nSPS) is 10.8. The van der Waals surface area contributed by atoms with Gasteiger partial charge in [0.05, 0.1) is 17.1 Å². The van der Waals surface area contributed by atoms with Crippen molar-refractivity contribution < 1.29 is 0 Å². The molecule has 0 N–H and O–H groups in total. The van der Waals surface area contributed by atoms with Crippen molar-refractivity contribution in [2.24, 2.45) is 0 Å². The van der Waals surface area contributed by atoms with Crippen LogP contribution in [0.15, 0.2) is 15.3 Å². The lowest BCUT2D eigenvalue weighted by atomic mass is 10.4. The van der Waals surface area contributed by atoms with Crippen LogP contribution in [0.25, 0.3) is 0 Å². The quantitative estimate of drug-likeness (QED) is 0.846. The summed E-state index contributed by atoms with van der Waals surface area (Å²) in [6.07, 6.45) is 0. The summed E-state index contributed by atoms with van der Waals surface area (Å²) in [5.41, 5.74) is 0.966. The fourth-order valence-electron chi connectivity index (χ4n) is 1.01. The van der Waals surface area contributed by atoms with Crippen LogP contribution in [0.5, 0.6) is 0 Å². The molecule has 2 aromatic heterocycles. The summed E-state index contributed by atoms with van der Waals surface area (Å²) in [5.74, 6) is 0. The first-order chi connectivity index (χ1) is 6.66. The Morgan fingerprint density at radius 1 is 1.50 bits per heavy atom. The van der Waals surface area contributed by atoms with Crippen LogP contribution in [-0.4, -0.2) is 19.4 Å². The van der Waals surface area contributed by atoms with Crippen LogP contribution in [0.3, 0.4) is 0 Å². The predicted molar refractivity (Wildman–Crippen MR) is 61.4 cm³/mol. The number of hydrogen-bond donors (Lipinski definition) is 0. The van der Waals surface area contributed by atoms with Crippen LogP contribution in [0.2, 0.25) is 0 Å². The second-order valence-corrected chi connectivity index (χ2v) is 5.19. The summed E-state index contributed by atoms with van der Waals surface area (Å²) in [4.78, 5) is 1.13. The zero-order valence-electron chi connectivity index (χ0n) is 7.24. The van der Waals surface area contributed by atoms with Gasteiger partial charge in [-0.15, -0.1) is 5.10 Å². The lowest BCUT2D eigenvalue weighted by molar-refractivity contribution is 0.671. The number of aryl methyl sites for hydroxylation is 1. The Morgan fingerprint density at radius 2 is 2.29 bits per heavy atom. The van der Waals surface area contributed by atoms with E-state index >= 15 is 0 Å². The molecule has 0 bridgehead atoms. The van der Waals surface area contributed by atoms with E-state index in [9.17, 15) is 0 Å². The molecule has 7 heteroatoms. The maximum atomic E-state index is 4.26. The highest BCUT2D eigenvalue weighted by atomic mass is 79.9. The molecule has 0 fully saturated rings. The summed E-state index contributed by atoms with van der Waals surface area (Å²) in [6.45, 7) is 2.65. The third-order valence-corrected chi connectivity index (χ3v) is 3.57. The maximum absolute atomic E-state index is 4.26. The van der Waals surface area contributed by atoms with Crippen LogP contribution in [0, 0.1) is 6.92 Å². The fraction of sp³-hybridized carbons (Fsp3) is 0.286. The second kappa shape index (κ2) is 4.08. The van der Waals surface area contributed by atoms with Gasteiger partial charge in [-0.2, -0.15) is 5.10 Å². The van der Waals surface area contributed by atoms with Gasteiger partial charge in [-0.05, 0) is 50.3 Å². The van der Waals surface area contributed by atoms with Gasteiger partial charge in [0.15, 0.2) is 0 Å². The van der Waals surface area contributed by atoms with Crippen LogP contribution < -0.4 is 0 Å². The molecule has 0 atom stereocenters. The molecule has 2 rings (SSSR count). The van der Waals surface area contributed by atoms with Crippen molar-refractivity contribution in [1.29, 1.82) is 0 Å². The summed E-state index contributed by atoms with van der Waals surface area (Å²) in [6, 6.07) is 1.91. The van der Waals surface area contributed by atoms with Crippen molar-refractivity contribution >= 4 is 43.4 Å². The maximum Gasteiger partial charge on any atom is 0.129 e. The first kappa shape index (κ1) is 10.3. The zero-order valence-corrected chi connectivity index (χ0v) is 11.2. The van der Waals surface area contributed by atoms with Gasteiger partial charge in [0.25, 0.3) is 0 Å². The van der Waals surface area contributed by atoms with E-state index in [1.54, 1.807) is 0 Å². The third-order valence-electron chi connectivity index (χ3n) is 1.74. The molecule has 0 radical (unpaired) electrons. The van der Waals surface area contributed by atoms with Crippen molar-refractivity contribution in [3.8, 4) is 0 Å². The predicted octanol–water partition coefficient (Wildman–Crippen LogP) is 2.62. The smallest absolute Gasteiger partial charge is 0.129 e. The molecule has 0 saturated carbocycles. The van der Waals surface area contributed by atoms with E-state index in [1.807, 2.05) is 17.7 Å². The summed E-state index contributed by atoms with van der Waals surface area (Å²) < 4.78 is 7.49. The van der Waals surface area contributed by atoms with Crippen molar-refractivity contribution in [3.05, 3.63) is 25.8 Å². The molecule has 0 unspecified atom stereocenters. The SMILES string of the molecule is Cc1nnsc1Cn1nc(Br)cc1Br. The standard InChI is InChI=1S/C7H6Br2N4S/c1-4-5(14-12-10-4)3-13-7(9)2-6(8)11-13/h2H,3H2,1H3. The summed E-state index contributed by atoms with van der Waals surface area (Å²) in [7, 11) is 0. The minimum absolute atomic E-state index is 0.704. The van der Waals surface area contributed by atoms with Crippen LogP contribution in [0.1, 0.15) is 10.6 Å². The van der Waals surface area contributed by atoms with Crippen molar-refractivity contribution in [2.45, 2.75) is 13.5 Å². The highest BCUT2D eigenvalue weighted by Gasteiger charge is 2.08. The Kier molecular flexibility index (Phi) is 2.99. The Hall–Kier alpha value is -0.270. The molecule has 0 aliphatic carbocycles. The van der Waals surface area contributed by atoms with E-state index in [-0.39, 0.29) is 0 Å². The lowest BCUT2D eigenvalue weighted by Crippen LogP contribution is -2.01. The second-order valence-electron chi connectivity index (χ2n) is 2.73. The molecule has 0 aromatic carbocycles. The van der Waals surface area contributed by atoms with Crippen molar-refractivity contribution in [1.82, 2.24) is 19.4 Å². The van der Waals surface area contributed by atoms with Gasteiger partial charge >= 0.3 is 0 Å². The molecule has 0 saturated heterocycles. The molecule has 0 spiro atoms. The molecular weight excluding hydrogens is 332 g/mol. The molecule has 14 heavy (non-hydrogen) atoms. The number of halogens is 2. The average molecular weight is 338 g/mol. The molecule has 2 aromatic rings. The van der Waals surface area contributed by atoms with Crippen LogP contribution >= 0.6 is 43.4 Å². The molecular formula is C7H6Br2N4S. The number of aromatic nitrogens is 4. The van der Waals surface area contributed by atoms with Gasteiger partial charge in [0.2, 0.25) is 0 Å². The van der Waals surface area contributed by atoms with Gasteiger partial charge in [-0.1, -0.05) is 4.49 Å². The van der Waals surface area contributed by atoms with Gasteiger partial charge in [-0.3, -0.25) is 4.68 Å². The summed E-state index contributed by atoms with van der Waals surface area (Å²) >= 11 is 8.14. The Labute approximate surface area is 102 Å². The Balaban J connectivity index is 2.27. The fourth-order valence-corrected chi connectivity index (χ4v) is 2.76. The number of rotatable bonds is 2. The van der Waals surface area contributed by atoms with E-state index in [1.165, 1.54) is 11.5 Å². The Bertz CT molecular complexity index is 450. The zero-order chi connectivity index (χ0) is 10.1. The number of hydrogen-bond acceptors (Lipinski definition) is 4. The van der Waals surface area contributed by atoms with Crippen LogP contribution in [-0.2, 0) is 6.54 Å². The third kappa shape index (κ3) is 2.04. The lowest BCUT2D eigenvalue weighted by Gasteiger charge is -1.99. The summed E-state index contributed by atoms with van der Waals surface area (Å²) in [5, 5.41) is 8.21. The van der Waals surface area contributed by atoms with E-state index in [2.05, 4.69) is 46.5 Å². The Morgan fingerprint density at radius 3 is 2.79 bits per heavy atom. The van der Waals surface area contributed by atoms with E-state index in [0.29, 0.717) is 6.54 Å². The molecule has 4 nitrogen and oxygen atoms in total. The van der Waals surface area contributed by atoms with E-state index in [0.717, 1.165) is 19.8 Å². The first-order valence-electron chi connectivity index (χ1n) is 3.83. The van der Waals surface area contributed by atoms with E-state index in [4.69, 9.17) is 0 Å². The van der Waals surface area contributed by atoms with Crippen molar-refractivity contribution in [2.75, 3.05) is 0 Å². The molecule has 2 heterocycles. The topological polar surface area (TPSA) is 43.6 Å². The highest BCUT2D eigenvalue weighted by Crippen LogP contribution is 2.19. The largest absolute Gasteiger partial charge is 0.252 e. The van der Waals surface area contributed by atoms with Gasteiger partial charge in [0, 0.05) is 6.07 Å². The number of nitrogens with zero attached hydrogens (tertiary/aromatic N) is 4. The van der Waals surface area contributed by atoms with Crippen molar-refractivity contribution in [3.63, 3.8) is 0 Å². The monoisotopic (exact) mass is 336 g/mol. The minimum atomic E-state index is 0.704. The van der Waals surface area contributed by atoms with Gasteiger partial charge < -0.3 is 0 Å². The molecule has 0 aliphatic heterocycles. The first-order valence-corrected chi connectivity index (χ1v) is 6.19. The van der Waals surface area contributed by atoms with Gasteiger partial charge in [0.1, 0.15) is 9.21 Å². The average Bonchev–Trinajstić information content (AvgIpc) is 2.62. The minimum Gasteiger partial charge on any atom is -0.252 e. The molecule has 0 aliphatic rings. The van der Waals surface area contributed by atoms with E-state index < -0.39 is 0 Å². The van der Waals surface area contributed by atoms with Gasteiger partial charge in [-0.25, -0.2) is 0 Å². The van der Waals surface area contributed by atoms with Crippen LogP contribution in [0.4, 0.5) is 0 Å². The highest BCUT2D eigenvalue weighted by molar-refractivity contribution is 9.11.